The fraction of sp³-hybridized carbons (Fsp3) is 0.192. The lowest BCUT2D eigenvalue weighted by atomic mass is 10.1. The predicted molar refractivity (Wildman–Crippen MR) is 116 cm³/mol. The lowest BCUT2D eigenvalue weighted by Crippen LogP contribution is -2.09. The molecule has 0 radical (unpaired) electrons. The molecule has 1 aromatic heterocycles. The van der Waals surface area contributed by atoms with Crippen molar-refractivity contribution in [3.63, 3.8) is 0 Å². The summed E-state index contributed by atoms with van der Waals surface area (Å²) in [6, 6.07) is 16.1. The summed E-state index contributed by atoms with van der Waals surface area (Å²) in [4.78, 5) is 12.6. The number of hydrogen-bond donors (Lipinski definition) is 0. The molecule has 32 heavy (non-hydrogen) atoms. The van der Waals surface area contributed by atoms with E-state index in [-0.39, 0.29) is 36.1 Å². The molecule has 4 nitrogen and oxygen atoms in total. The highest BCUT2D eigenvalue weighted by molar-refractivity contribution is 5.89. The highest BCUT2D eigenvalue weighted by atomic mass is 19.1. The van der Waals surface area contributed by atoms with E-state index in [0.717, 1.165) is 23.8 Å². The van der Waals surface area contributed by atoms with Gasteiger partial charge in [0, 0.05) is 22.1 Å². The van der Waals surface area contributed by atoms with Crippen LogP contribution in [0.3, 0.4) is 0 Å². The Morgan fingerprint density at radius 3 is 2.09 bits per heavy atom. The van der Waals surface area contributed by atoms with E-state index in [2.05, 4.69) is 0 Å². The van der Waals surface area contributed by atoms with Crippen LogP contribution < -0.4 is 15.1 Å². The molecule has 1 heterocycles. The van der Waals surface area contributed by atoms with Crippen LogP contribution in [0.2, 0.25) is 0 Å². The maximum absolute atomic E-state index is 14.1. The van der Waals surface area contributed by atoms with E-state index in [1.807, 2.05) is 6.07 Å². The number of halogens is 2. The van der Waals surface area contributed by atoms with Gasteiger partial charge in [-0.15, -0.1) is 0 Å². The minimum Gasteiger partial charge on any atom is -0.485 e. The van der Waals surface area contributed by atoms with Crippen molar-refractivity contribution in [3.8, 4) is 11.5 Å². The molecule has 0 N–H and O–H groups in total. The van der Waals surface area contributed by atoms with Gasteiger partial charge in [0.1, 0.15) is 24.8 Å². The van der Waals surface area contributed by atoms with Gasteiger partial charge in [0.2, 0.25) is 5.75 Å². The first-order chi connectivity index (χ1) is 15.6. The van der Waals surface area contributed by atoms with Gasteiger partial charge in [-0.05, 0) is 49.1 Å². The van der Waals surface area contributed by atoms with E-state index in [9.17, 15) is 13.6 Å². The topological polar surface area (TPSA) is 48.7 Å². The zero-order valence-corrected chi connectivity index (χ0v) is 17.2. The van der Waals surface area contributed by atoms with Crippen LogP contribution in [0.15, 0.2) is 69.9 Å². The molecule has 0 aliphatic heterocycles. The van der Waals surface area contributed by atoms with Crippen molar-refractivity contribution in [2.24, 2.45) is 0 Å². The Bertz CT molecular complexity index is 1360. The van der Waals surface area contributed by atoms with Gasteiger partial charge in [-0.1, -0.05) is 36.4 Å². The van der Waals surface area contributed by atoms with Crippen molar-refractivity contribution in [3.05, 3.63) is 105 Å². The van der Waals surface area contributed by atoms with Crippen LogP contribution in [0.1, 0.15) is 28.7 Å². The summed E-state index contributed by atoms with van der Waals surface area (Å²) in [7, 11) is 0. The Morgan fingerprint density at radius 1 is 0.781 bits per heavy atom. The SMILES string of the molecule is O=c1oc2c(OCc3ccccc3F)c(OCc3ccccc3F)ccc2c2c1CCC2. The van der Waals surface area contributed by atoms with E-state index in [1.54, 1.807) is 42.5 Å². The third kappa shape index (κ3) is 3.73. The number of rotatable bonds is 6. The number of hydrogen-bond acceptors (Lipinski definition) is 4. The highest BCUT2D eigenvalue weighted by Crippen LogP contribution is 2.39. The summed E-state index contributed by atoms with van der Waals surface area (Å²) in [5, 5.41) is 0.777. The number of benzene rings is 3. The fourth-order valence-electron chi connectivity index (χ4n) is 4.09. The second kappa shape index (κ2) is 8.46. The molecule has 4 aromatic rings. The average Bonchev–Trinajstić information content (AvgIpc) is 3.29. The van der Waals surface area contributed by atoms with Gasteiger partial charge >= 0.3 is 5.63 Å². The van der Waals surface area contributed by atoms with Crippen LogP contribution in [0.25, 0.3) is 11.0 Å². The number of aryl methyl sites for hydroxylation is 1. The van der Waals surface area contributed by atoms with E-state index in [1.165, 1.54) is 12.1 Å². The molecule has 0 amide bonds. The number of fused-ring (bicyclic) bond motifs is 3. The number of ether oxygens (including phenoxy) is 2. The van der Waals surface area contributed by atoms with Gasteiger partial charge in [0.15, 0.2) is 11.3 Å². The average molecular weight is 434 g/mol. The molecular weight excluding hydrogens is 414 g/mol. The third-order valence-electron chi connectivity index (χ3n) is 5.73. The zero-order valence-electron chi connectivity index (χ0n) is 17.2. The largest absolute Gasteiger partial charge is 0.485 e. The Morgan fingerprint density at radius 2 is 1.41 bits per heavy atom. The molecule has 0 saturated heterocycles. The first-order valence-electron chi connectivity index (χ1n) is 10.5. The van der Waals surface area contributed by atoms with Gasteiger partial charge in [-0.3, -0.25) is 0 Å². The smallest absolute Gasteiger partial charge is 0.339 e. The fourth-order valence-corrected chi connectivity index (χ4v) is 4.09. The van der Waals surface area contributed by atoms with Crippen LogP contribution in [-0.2, 0) is 26.1 Å². The van der Waals surface area contributed by atoms with Crippen LogP contribution >= 0.6 is 0 Å². The molecule has 0 fully saturated rings. The lowest BCUT2D eigenvalue weighted by molar-refractivity contribution is 0.250. The molecule has 6 heteroatoms. The second-order valence-corrected chi connectivity index (χ2v) is 7.73. The van der Waals surface area contributed by atoms with Crippen molar-refractivity contribution in [2.75, 3.05) is 0 Å². The Kier molecular flexibility index (Phi) is 5.35. The standard InChI is InChI=1S/C26H20F2O4/c27-21-10-3-1-6-16(21)14-30-23-13-12-19-18-8-5-9-20(18)26(29)32-24(19)25(23)31-15-17-7-2-4-11-22(17)28/h1-4,6-7,10-13H,5,8-9,14-15H2. The minimum atomic E-state index is -0.399. The molecule has 0 atom stereocenters. The summed E-state index contributed by atoms with van der Waals surface area (Å²) < 4.78 is 45.7. The summed E-state index contributed by atoms with van der Waals surface area (Å²) in [6.07, 6.45) is 2.35. The van der Waals surface area contributed by atoms with E-state index in [0.29, 0.717) is 23.1 Å². The van der Waals surface area contributed by atoms with Crippen LogP contribution in [0.4, 0.5) is 8.78 Å². The molecule has 0 spiro atoms. The molecule has 0 saturated carbocycles. The highest BCUT2D eigenvalue weighted by Gasteiger charge is 2.24. The van der Waals surface area contributed by atoms with Gasteiger partial charge in [-0.2, -0.15) is 0 Å². The maximum Gasteiger partial charge on any atom is 0.339 e. The lowest BCUT2D eigenvalue weighted by Gasteiger charge is -2.16. The normalized spacial score (nSPS) is 12.7. The van der Waals surface area contributed by atoms with E-state index >= 15 is 0 Å². The monoisotopic (exact) mass is 434 g/mol. The summed E-state index contributed by atoms with van der Waals surface area (Å²) >= 11 is 0. The van der Waals surface area contributed by atoms with Gasteiger partial charge in [-0.25, -0.2) is 13.6 Å². The zero-order chi connectivity index (χ0) is 22.1. The van der Waals surface area contributed by atoms with Crippen LogP contribution in [-0.4, -0.2) is 0 Å². The Balaban J connectivity index is 1.56. The van der Waals surface area contributed by atoms with Crippen molar-refractivity contribution < 1.29 is 22.7 Å². The van der Waals surface area contributed by atoms with Crippen LogP contribution in [0.5, 0.6) is 11.5 Å². The van der Waals surface area contributed by atoms with E-state index in [4.69, 9.17) is 13.9 Å². The van der Waals surface area contributed by atoms with Crippen molar-refractivity contribution in [2.45, 2.75) is 32.5 Å². The molecule has 3 aromatic carbocycles. The second-order valence-electron chi connectivity index (χ2n) is 7.73. The van der Waals surface area contributed by atoms with Crippen molar-refractivity contribution in [1.29, 1.82) is 0 Å². The molecule has 1 aliphatic carbocycles. The third-order valence-corrected chi connectivity index (χ3v) is 5.73. The first kappa shape index (κ1) is 20.2. The van der Waals surface area contributed by atoms with Crippen molar-refractivity contribution >= 4 is 11.0 Å². The molecule has 162 valence electrons. The van der Waals surface area contributed by atoms with Crippen LogP contribution in [0, 0.1) is 11.6 Å². The van der Waals surface area contributed by atoms with Gasteiger partial charge in [0.05, 0.1) is 0 Å². The quantitative estimate of drug-likeness (QED) is 0.364. The maximum atomic E-state index is 14.1. The summed E-state index contributed by atoms with van der Waals surface area (Å²) in [5.41, 5.74) is 2.24. The Labute approximate surface area is 183 Å². The molecule has 5 rings (SSSR count). The molecule has 0 bridgehead atoms. The predicted octanol–water partition coefficient (Wildman–Crippen LogP) is 5.72. The summed E-state index contributed by atoms with van der Waals surface area (Å²) in [6.45, 7) is -0.119. The van der Waals surface area contributed by atoms with Crippen molar-refractivity contribution in [1.82, 2.24) is 0 Å². The minimum absolute atomic E-state index is 0.0383. The Hall–Kier alpha value is -3.67. The summed E-state index contributed by atoms with van der Waals surface area (Å²) in [5.74, 6) is -0.289. The molecule has 1 aliphatic rings. The first-order valence-corrected chi connectivity index (χ1v) is 10.5. The molecular formula is C26H20F2O4. The van der Waals surface area contributed by atoms with Gasteiger partial charge in [0.25, 0.3) is 0 Å². The van der Waals surface area contributed by atoms with E-state index < -0.39 is 11.4 Å². The van der Waals surface area contributed by atoms with Gasteiger partial charge < -0.3 is 13.9 Å². The molecule has 0 unspecified atom stereocenters.